The first kappa shape index (κ1) is 39.5. The number of methoxy groups -OCH3 is 1. The number of hydrogen-bond acceptors (Lipinski definition) is 11. The first-order valence-corrected chi connectivity index (χ1v) is 20.9. The van der Waals surface area contributed by atoms with Gasteiger partial charge in [-0.25, -0.2) is 23.2 Å². The van der Waals surface area contributed by atoms with E-state index in [1.807, 2.05) is 25.1 Å². The molecule has 0 bridgehead atoms. The first-order valence-electron chi connectivity index (χ1n) is 19.5. The van der Waals surface area contributed by atoms with Crippen molar-refractivity contribution >= 4 is 44.9 Å². The topological polar surface area (TPSA) is 195 Å². The van der Waals surface area contributed by atoms with E-state index in [0.717, 1.165) is 18.4 Å². The quantitative estimate of drug-likeness (QED) is 0.370. The molecule has 0 aromatic carbocycles. The molecule has 0 radical (unpaired) electrons. The van der Waals surface area contributed by atoms with Gasteiger partial charge in [-0.3, -0.25) is 19.1 Å². The van der Waals surface area contributed by atoms with Crippen LogP contribution in [0, 0.1) is 12.8 Å². The SMILES string of the molecule is COc1ccc2nc(C)c3c(c2n1)CC[C@]1(C[C@H]2C(=O)N[C@]4(C(=O)NS(=O)(=O)C5(C)CC5)C=C[C@H]4/C=C\CCCCC[C@H](NC(=O)OC(C)(C)C)C(=O)N2C1)O3. The molecule has 2 fully saturated rings. The van der Waals surface area contributed by atoms with Gasteiger partial charge in [0.2, 0.25) is 27.7 Å². The molecule has 56 heavy (non-hydrogen) atoms. The Hall–Kier alpha value is -4.73. The van der Waals surface area contributed by atoms with Crippen LogP contribution in [0.15, 0.2) is 36.4 Å². The van der Waals surface area contributed by atoms with Crippen molar-refractivity contribution in [1.82, 2.24) is 30.2 Å². The van der Waals surface area contributed by atoms with Gasteiger partial charge in [-0.1, -0.05) is 37.1 Å². The minimum atomic E-state index is -4.04. The number of allylic oxidation sites excluding steroid dienone is 1. The Labute approximate surface area is 327 Å². The Balaban J connectivity index is 1.26. The third-order valence-electron chi connectivity index (χ3n) is 11.7. The maximum atomic E-state index is 14.8. The number of pyridine rings is 2. The van der Waals surface area contributed by atoms with E-state index in [-0.39, 0.29) is 13.0 Å². The monoisotopic (exact) mass is 792 g/mol. The number of hydrogen-bond donors (Lipinski definition) is 3. The fraction of sp³-hybridized carbons (Fsp3) is 0.600. The van der Waals surface area contributed by atoms with Gasteiger partial charge in [0, 0.05) is 24.0 Å². The highest BCUT2D eigenvalue weighted by molar-refractivity contribution is 7.91. The van der Waals surface area contributed by atoms with Crippen LogP contribution in [-0.4, -0.2) is 94.3 Å². The molecule has 15 nitrogen and oxygen atoms in total. The van der Waals surface area contributed by atoms with Crippen molar-refractivity contribution < 1.29 is 41.8 Å². The van der Waals surface area contributed by atoms with E-state index in [4.69, 9.17) is 19.2 Å². The molecular weight excluding hydrogens is 741 g/mol. The summed E-state index contributed by atoms with van der Waals surface area (Å²) in [5, 5.41) is 5.69. The highest BCUT2D eigenvalue weighted by Crippen LogP contribution is 2.46. The third-order valence-corrected chi connectivity index (χ3v) is 13.9. The number of alkyl carbamates (subject to hydrolysis) is 1. The number of carbonyl (C=O) groups excluding carboxylic acids is 4. The number of aromatic nitrogens is 2. The molecule has 5 aliphatic rings. The molecule has 3 aliphatic heterocycles. The Morgan fingerprint density at radius 2 is 1.84 bits per heavy atom. The van der Waals surface area contributed by atoms with E-state index in [9.17, 15) is 27.6 Å². The Bertz CT molecular complexity index is 2130. The number of amides is 4. The van der Waals surface area contributed by atoms with Crippen LogP contribution in [-0.2, 0) is 35.6 Å². The highest BCUT2D eigenvalue weighted by atomic mass is 32.2. The van der Waals surface area contributed by atoms with Gasteiger partial charge in [-0.15, -0.1) is 0 Å². The lowest BCUT2D eigenvalue weighted by molar-refractivity contribution is -0.142. The van der Waals surface area contributed by atoms with Gasteiger partial charge >= 0.3 is 6.09 Å². The summed E-state index contributed by atoms with van der Waals surface area (Å²) in [6, 6.07) is 1.41. The fourth-order valence-corrected chi connectivity index (χ4v) is 9.40. The number of fused-ring (bicyclic) bond motifs is 5. The molecule has 4 amide bonds. The Morgan fingerprint density at radius 3 is 2.52 bits per heavy atom. The summed E-state index contributed by atoms with van der Waals surface area (Å²) in [5.41, 5.74) is -0.791. The van der Waals surface area contributed by atoms with Crippen LogP contribution in [0.2, 0.25) is 0 Å². The molecule has 5 atom stereocenters. The summed E-state index contributed by atoms with van der Waals surface area (Å²) in [6.07, 6.45) is 11.2. The van der Waals surface area contributed by atoms with Gasteiger partial charge in [0.25, 0.3) is 5.91 Å². The molecule has 1 saturated heterocycles. The number of rotatable bonds is 5. The normalized spacial score (nSPS) is 29.2. The second-order valence-corrected chi connectivity index (χ2v) is 19.3. The van der Waals surface area contributed by atoms with Crippen molar-refractivity contribution in [1.29, 1.82) is 0 Å². The minimum Gasteiger partial charge on any atom is -0.483 e. The molecule has 2 aliphatic carbocycles. The lowest BCUT2D eigenvalue weighted by Crippen LogP contribution is -2.67. The number of carbonyl (C=O) groups is 4. The van der Waals surface area contributed by atoms with Crippen molar-refractivity contribution in [2.45, 2.75) is 132 Å². The molecule has 1 spiro atoms. The first-order chi connectivity index (χ1) is 26.4. The van der Waals surface area contributed by atoms with Gasteiger partial charge in [0.05, 0.1) is 35.1 Å². The average molecular weight is 793 g/mol. The largest absolute Gasteiger partial charge is 0.483 e. The average Bonchev–Trinajstić information content (AvgIpc) is 3.79. The molecule has 302 valence electrons. The van der Waals surface area contributed by atoms with E-state index in [2.05, 4.69) is 20.3 Å². The molecular formula is C40H52N6O9S. The maximum absolute atomic E-state index is 14.8. The number of aryl methyl sites for hydroxylation is 2. The summed E-state index contributed by atoms with van der Waals surface area (Å²) in [4.78, 5) is 67.6. The minimum absolute atomic E-state index is 0.00394. The third kappa shape index (κ3) is 7.43. The lowest BCUT2D eigenvalue weighted by atomic mass is 9.73. The zero-order valence-electron chi connectivity index (χ0n) is 32.9. The number of nitrogens with zero attached hydrogens (tertiary/aromatic N) is 3. The lowest BCUT2D eigenvalue weighted by Gasteiger charge is -2.42. The summed E-state index contributed by atoms with van der Waals surface area (Å²) in [5.74, 6) is -1.69. The van der Waals surface area contributed by atoms with Crippen LogP contribution in [0.4, 0.5) is 4.79 Å². The van der Waals surface area contributed by atoms with Gasteiger partial charge in [0.15, 0.2) is 0 Å². The Kier molecular flexibility index (Phi) is 10.1. The predicted molar refractivity (Wildman–Crippen MR) is 206 cm³/mol. The molecule has 16 heteroatoms. The van der Waals surface area contributed by atoms with Crippen molar-refractivity contribution in [3.05, 3.63) is 47.7 Å². The van der Waals surface area contributed by atoms with Gasteiger partial charge < -0.3 is 29.7 Å². The van der Waals surface area contributed by atoms with Crippen molar-refractivity contribution in [3.8, 4) is 11.6 Å². The number of nitrogens with one attached hydrogen (secondary N) is 3. The number of sulfonamides is 1. The second-order valence-electron chi connectivity index (χ2n) is 17.1. The zero-order valence-corrected chi connectivity index (χ0v) is 33.7. The summed E-state index contributed by atoms with van der Waals surface area (Å²) in [7, 11) is -2.50. The van der Waals surface area contributed by atoms with Gasteiger partial charge in [-0.2, -0.15) is 0 Å². The van der Waals surface area contributed by atoms with Crippen molar-refractivity contribution in [3.63, 3.8) is 0 Å². The maximum Gasteiger partial charge on any atom is 0.408 e. The van der Waals surface area contributed by atoms with Gasteiger partial charge in [0.1, 0.15) is 34.6 Å². The smallest absolute Gasteiger partial charge is 0.408 e. The molecule has 3 N–H and O–H groups in total. The van der Waals surface area contributed by atoms with E-state index < -0.39 is 73.3 Å². The Morgan fingerprint density at radius 1 is 1.07 bits per heavy atom. The van der Waals surface area contributed by atoms with E-state index >= 15 is 0 Å². The summed E-state index contributed by atoms with van der Waals surface area (Å²) >= 11 is 0. The van der Waals surface area contributed by atoms with Crippen LogP contribution >= 0.6 is 0 Å². The van der Waals surface area contributed by atoms with Gasteiger partial charge in [-0.05, 0) is 85.6 Å². The standard InChI is InChI=1S/C40H52N6O9S/c1-24-32-26(31-27(41-24)14-15-30(43-31)53-6)17-18-39(54-32)22-29-33(47)44-40(35(49)45-56(51,52)38(5)20-21-38)19-16-25(40)12-10-8-7-9-11-13-28(34(48)46(29)23-39)42-36(50)55-37(2,3)4/h10,12,14-16,19,25,28-29H,7-9,11,13,17-18,20-23H2,1-6H3,(H,42,50)(H,44,47)(H,45,49)/b12-10-/t25-,28+,29+,39-,40-/m1/s1. The van der Waals surface area contributed by atoms with E-state index in [0.29, 0.717) is 73.3 Å². The van der Waals surface area contributed by atoms with E-state index in [1.54, 1.807) is 39.8 Å². The van der Waals surface area contributed by atoms with Crippen LogP contribution < -0.4 is 24.8 Å². The molecule has 0 unspecified atom stereocenters. The predicted octanol–water partition coefficient (Wildman–Crippen LogP) is 4.06. The molecule has 2 aromatic rings. The number of ether oxygens (including phenoxy) is 3. The summed E-state index contributed by atoms with van der Waals surface area (Å²) in [6.45, 7) is 8.63. The van der Waals surface area contributed by atoms with Crippen molar-refractivity contribution in [2.75, 3.05) is 13.7 Å². The molecule has 2 aromatic heterocycles. The highest BCUT2D eigenvalue weighted by Gasteiger charge is 2.58. The van der Waals surface area contributed by atoms with E-state index in [1.165, 1.54) is 18.1 Å². The molecule has 5 heterocycles. The van der Waals surface area contributed by atoms with Crippen molar-refractivity contribution in [2.24, 2.45) is 5.92 Å². The van der Waals surface area contributed by atoms with Crippen LogP contribution in [0.1, 0.15) is 96.7 Å². The zero-order chi connectivity index (χ0) is 40.3. The summed E-state index contributed by atoms with van der Waals surface area (Å²) < 4.78 is 45.6. The van der Waals surface area contributed by atoms with Crippen LogP contribution in [0.5, 0.6) is 11.6 Å². The fourth-order valence-electron chi connectivity index (χ4n) is 8.10. The molecule has 1 saturated carbocycles. The van der Waals surface area contributed by atoms with Crippen LogP contribution in [0.3, 0.4) is 0 Å². The second kappa shape index (κ2) is 14.3. The molecule has 7 rings (SSSR count). The van der Waals surface area contributed by atoms with Crippen LogP contribution in [0.25, 0.3) is 11.0 Å².